The molecule has 0 aromatic heterocycles. The summed E-state index contributed by atoms with van der Waals surface area (Å²) >= 11 is 0. The topological polar surface area (TPSA) is 87.7 Å². The van der Waals surface area contributed by atoms with Gasteiger partial charge in [-0.3, -0.25) is 14.5 Å². The fourth-order valence-electron chi connectivity index (χ4n) is 3.16. The molecule has 136 valence electrons. The summed E-state index contributed by atoms with van der Waals surface area (Å²) in [5.74, 6) is -0.0560. The lowest BCUT2D eigenvalue weighted by Crippen LogP contribution is -2.47. The molecule has 1 aromatic rings. The molecule has 0 aliphatic carbocycles. The van der Waals surface area contributed by atoms with Gasteiger partial charge < -0.3 is 15.4 Å². The minimum atomic E-state index is -0.874. The van der Waals surface area contributed by atoms with Crippen LogP contribution < -0.4 is 15.4 Å². The summed E-state index contributed by atoms with van der Waals surface area (Å²) in [6.07, 6.45) is 2.69. The van der Waals surface area contributed by atoms with Gasteiger partial charge in [-0.2, -0.15) is 0 Å². The normalized spacial score (nSPS) is 15.9. The Balaban J connectivity index is 2.04. The van der Waals surface area contributed by atoms with Crippen LogP contribution in [0, 0.1) is 0 Å². The number of imide groups is 1. The molecule has 1 aromatic carbocycles. The third kappa shape index (κ3) is 4.10. The number of urea groups is 1. The van der Waals surface area contributed by atoms with Crippen LogP contribution in [0.2, 0.25) is 0 Å². The largest absolute Gasteiger partial charge is 0.497 e. The van der Waals surface area contributed by atoms with E-state index in [4.69, 9.17) is 4.74 Å². The summed E-state index contributed by atoms with van der Waals surface area (Å²) in [5.41, 5.74) is -0.299. The predicted molar refractivity (Wildman–Crippen MR) is 94.4 cm³/mol. The third-order valence-electron chi connectivity index (χ3n) is 4.27. The number of hydrogen-bond donors (Lipinski definition) is 2. The molecule has 0 atom stereocenters. The molecule has 1 aliphatic heterocycles. The van der Waals surface area contributed by atoms with E-state index in [2.05, 4.69) is 10.6 Å². The Morgan fingerprint density at radius 1 is 1.16 bits per heavy atom. The van der Waals surface area contributed by atoms with Crippen molar-refractivity contribution in [3.8, 4) is 5.75 Å². The Bertz CT molecular complexity index is 636. The van der Waals surface area contributed by atoms with Crippen molar-refractivity contribution < 1.29 is 19.1 Å². The highest BCUT2D eigenvalue weighted by atomic mass is 16.5. The number of anilines is 1. The summed E-state index contributed by atoms with van der Waals surface area (Å²) in [4.78, 5) is 38.2. The summed E-state index contributed by atoms with van der Waals surface area (Å²) in [6, 6.07) is 6.33. The summed E-state index contributed by atoms with van der Waals surface area (Å²) in [5, 5.41) is 5.48. The summed E-state index contributed by atoms with van der Waals surface area (Å²) < 4.78 is 5.06. The monoisotopic (exact) mass is 347 g/mol. The standard InChI is InChI=1S/C18H25N3O4/c1-4-10-18(11-5-2)16(23)21(17(24)20-18)12-15(22)19-13-6-8-14(25-3)9-7-13/h6-9H,4-5,10-12H2,1-3H3,(H,19,22)(H,20,24). The van der Waals surface area contributed by atoms with E-state index in [1.54, 1.807) is 31.4 Å². The zero-order valence-electron chi connectivity index (χ0n) is 14.9. The first kappa shape index (κ1) is 18.8. The Kier molecular flexibility index (Phi) is 6.01. The minimum Gasteiger partial charge on any atom is -0.497 e. The van der Waals surface area contributed by atoms with Gasteiger partial charge in [-0.1, -0.05) is 26.7 Å². The molecule has 25 heavy (non-hydrogen) atoms. The second-order valence-corrected chi connectivity index (χ2v) is 6.18. The van der Waals surface area contributed by atoms with Crippen molar-refractivity contribution in [2.75, 3.05) is 19.0 Å². The van der Waals surface area contributed by atoms with Crippen LogP contribution in [0.15, 0.2) is 24.3 Å². The second kappa shape index (κ2) is 8.00. The van der Waals surface area contributed by atoms with Crippen molar-refractivity contribution in [2.45, 2.75) is 45.1 Å². The first-order valence-corrected chi connectivity index (χ1v) is 8.53. The van der Waals surface area contributed by atoms with Gasteiger partial charge in [0.1, 0.15) is 17.8 Å². The van der Waals surface area contributed by atoms with Crippen molar-refractivity contribution in [3.05, 3.63) is 24.3 Å². The van der Waals surface area contributed by atoms with Gasteiger partial charge in [0.05, 0.1) is 7.11 Å². The number of methoxy groups -OCH3 is 1. The number of ether oxygens (including phenoxy) is 1. The fourth-order valence-corrected chi connectivity index (χ4v) is 3.16. The van der Waals surface area contributed by atoms with E-state index in [1.165, 1.54) is 0 Å². The number of carbonyl (C=O) groups is 3. The van der Waals surface area contributed by atoms with Gasteiger partial charge >= 0.3 is 6.03 Å². The van der Waals surface area contributed by atoms with E-state index in [9.17, 15) is 14.4 Å². The quantitative estimate of drug-likeness (QED) is 0.707. The number of rotatable bonds is 8. The molecular weight excluding hydrogens is 322 g/mol. The van der Waals surface area contributed by atoms with Crippen LogP contribution >= 0.6 is 0 Å². The Morgan fingerprint density at radius 3 is 2.28 bits per heavy atom. The van der Waals surface area contributed by atoms with E-state index in [0.717, 1.165) is 17.7 Å². The second-order valence-electron chi connectivity index (χ2n) is 6.18. The molecule has 4 amide bonds. The number of hydrogen-bond acceptors (Lipinski definition) is 4. The lowest BCUT2D eigenvalue weighted by atomic mass is 9.88. The minimum absolute atomic E-state index is 0.300. The molecule has 2 N–H and O–H groups in total. The number of amides is 4. The molecule has 1 heterocycles. The Hall–Kier alpha value is -2.57. The van der Waals surface area contributed by atoms with Gasteiger partial charge in [-0.15, -0.1) is 0 Å². The molecule has 1 aliphatic rings. The van der Waals surface area contributed by atoms with Gasteiger partial charge in [-0.05, 0) is 37.1 Å². The smallest absolute Gasteiger partial charge is 0.325 e. The van der Waals surface area contributed by atoms with Crippen LogP contribution in [-0.2, 0) is 9.59 Å². The van der Waals surface area contributed by atoms with Crippen LogP contribution in [0.1, 0.15) is 39.5 Å². The van der Waals surface area contributed by atoms with E-state index >= 15 is 0 Å². The van der Waals surface area contributed by atoms with Crippen molar-refractivity contribution in [2.24, 2.45) is 0 Å². The highest BCUT2D eigenvalue weighted by molar-refractivity contribution is 6.10. The maximum Gasteiger partial charge on any atom is 0.325 e. The summed E-state index contributed by atoms with van der Waals surface area (Å²) in [6.45, 7) is 3.64. The molecule has 0 bridgehead atoms. The maximum absolute atomic E-state index is 12.7. The van der Waals surface area contributed by atoms with Gasteiger partial charge in [-0.25, -0.2) is 4.79 Å². The fraction of sp³-hybridized carbons (Fsp3) is 0.500. The van der Waals surface area contributed by atoms with E-state index < -0.39 is 17.5 Å². The molecule has 1 saturated heterocycles. The zero-order chi connectivity index (χ0) is 18.4. The molecule has 7 nitrogen and oxygen atoms in total. The predicted octanol–water partition coefficient (Wildman–Crippen LogP) is 2.52. The average Bonchev–Trinajstić information content (AvgIpc) is 2.80. The molecule has 0 spiro atoms. The van der Waals surface area contributed by atoms with Crippen LogP contribution in [-0.4, -0.2) is 41.9 Å². The summed E-state index contributed by atoms with van der Waals surface area (Å²) in [7, 11) is 1.56. The van der Waals surface area contributed by atoms with Gasteiger partial charge in [0.2, 0.25) is 5.91 Å². The molecule has 0 radical (unpaired) electrons. The zero-order valence-corrected chi connectivity index (χ0v) is 14.9. The highest BCUT2D eigenvalue weighted by Gasteiger charge is 2.50. The number of nitrogens with one attached hydrogen (secondary N) is 2. The number of nitrogens with zero attached hydrogens (tertiary/aromatic N) is 1. The lowest BCUT2D eigenvalue weighted by Gasteiger charge is -2.25. The molecule has 7 heteroatoms. The van der Waals surface area contributed by atoms with Crippen LogP contribution in [0.5, 0.6) is 5.75 Å². The van der Waals surface area contributed by atoms with Crippen molar-refractivity contribution in [1.82, 2.24) is 10.2 Å². The molecular formula is C18H25N3O4. The van der Waals surface area contributed by atoms with Crippen molar-refractivity contribution >= 4 is 23.5 Å². The van der Waals surface area contributed by atoms with Gasteiger partial charge in [0.15, 0.2) is 0 Å². The SMILES string of the molecule is CCCC1(CCC)NC(=O)N(CC(=O)Nc2ccc(OC)cc2)C1=O. The van der Waals surface area contributed by atoms with E-state index in [0.29, 0.717) is 24.3 Å². The lowest BCUT2D eigenvalue weighted by molar-refractivity contribution is -0.134. The van der Waals surface area contributed by atoms with E-state index in [-0.39, 0.29) is 12.5 Å². The van der Waals surface area contributed by atoms with E-state index in [1.807, 2.05) is 13.8 Å². The van der Waals surface area contributed by atoms with Crippen molar-refractivity contribution in [3.63, 3.8) is 0 Å². The first-order chi connectivity index (χ1) is 12.0. The first-order valence-electron chi connectivity index (χ1n) is 8.53. The highest BCUT2D eigenvalue weighted by Crippen LogP contribution is 2.28. The molecule has 0 saturated carbocycles. The molecule has 2 rings (SSSR count). The number of carbonyl (C=O) groups excluding carboxylic acids is 3. The Morgan fingerprint density at radius 2 is 1.76 bits per heavy atom. The van der Waals surface area contributed by atoms with Gasteiger partial charge in [0.25, 0.3) is 5.91 Å². The molecule has 1 fully saturated rings. The third-order valence-corrected chi connectivity index (χ3v) is 4.27. The molecule has 0 unspecified atom stereocenters. The van der Waals surface area contributed by atoms with Crippen LogP contribution in [0.4, 0.5) is 10.5 Å². The number of benzene rings is 1. The average molecular weight is 347 g/mol. The maximum atomic E-state index is 12.7. The van der Waals surface area contributed by atoms with Crippen molar-refractivity contribution in [1.29, 1.82) is 0 Å². The Labute approximate surface area is 147 Å². The van der Waals surface area contributed by atoms with Crippen LogP contribution in [0.3, 0.4) is 0 Å². The van der Waals surface area contributed by atoms with Crippen LogP contribution in [0.25, 0.3) is 0 Å². The van der Waals surface area contributed by atoms with Gasteiger partial charge in [0, 0.05) is 5.69 Å².